The molecule has 2 aliphatic rings. The number of imide groups is 1. The zero-order valence-corrected chi connectivity index (χ0v) is 19.8. The summed E-state index contributed by atoms with van der Waals surface area (Å²) in [6.07, 6.45) is 1.97. The molecule has 9 heteroatoms. The van der Waals surface area contributed by atoms with Crippen molar-refractivity contribution in [3.8, 4) is 6.07 Å². The average Bonchev–Trinajstić information content (AvgIpc) is 3.61. The number of rotatable bonds is 5. The molecule has 4 amide bonds. The van der Waals surface area contributed by atoms with E-state index in [1.807, 2.05) is 37.3 Å². The number of benzene rings is 2. The minimum absolute atomic E-state index is 0.436. The van der Waals surface area contributed by atoms with Gasteiger partial charge in [0.2, 0.25) is 0 Å². The highest BCUT2D eigenvalue weighted by Crippen LogP contribution is 2.34. The number of carbonyl (C=O) groups is 3. The number of aryl methyl sites for hydroxylation is 1. The lowest BCUT2D eigenvalue weighted by atomic mass is 9.91. The molecule has 0 bridgehead atoms. The Hall–Kier alpha value is -4.71. The Labute approximate surface area is 207 Å². The van der Waals surface area contributed by atoms with Gasteiger partial charge in [0.1, 0.15) is 23.9 Å². The Morgan fingerprint density at radius 2 is 1.89 bits per heavy atom. The lowest BCUT2D eigenvalue weighted by Crippen LogP contribution is -2.43. The number of nitrogens with zero attached hydrogens (tertiary/aromatic N) is 4. The van der Waals surface area contributed by atoms with E-state index >= 15 is 0 Å². The molecule has 0 saturated carbocycles. The third-order valence-electron chi connectivity index (χ3n) is 6.58. The predicted octanol–water partition coefficient (Wildman–Crippen LogP) is 3.60. The number of nitrogens with one attached hydrogen (secondary N) is 1. The molecule has 36 heavy (non-hydrogen) atoms. The van der Waals surface area contributed by atoms with E-state index in [-0.39, 0.29) is 0 Å². The fourth-order valence-electron chi connectivity index (χ4n) is 4.49. The van der Waals surface area contributed by atoms with Crippen LogP contribution in [0.1, 0.15) is 47.4 Å². The highest BCUT2D eigenvalue weighted by atomic mass is 16.3. The van der Waals surface area contributed by atoms with Crippen LogP contribution in [0.2, 0.25) is 0 Å². The third-order valence-corrected chi connectivity index (χ3v) is 6.58. The van der Waals surface area contributed by atoms with Gasteiger partial charge in [0.25, 0.3) is 11.8 Å². The Morgan fingerprint density at radius 1 is 1.17 bits per heavy atom. The second-order valence-electron chi connectivity index (χ2n) is 9.02. The zero-order chi connectivity index (χ0) is 25.4. The van der Waals surface area contributed by atoms with Crippen LogP contribution in [-0.2, 0) is 15.1 Å². The summed E-state index contributed by atoms with van der Waals surface area (Å²) in [6.45, 7) is 3.10. The molecule has 1 aromatic heterocycles. The van der Waals surface area contributed by atoms with E-state index in [0.29, 0.717) is 29.0 Å². The Morgan fingerprint density at radius 3 is 2.53 bits per heavy atom. The molecule has 0 spiro atoms. The number of hydrazone groups is 1. The quantitative estimate of drug-likeness (QED) is 0.559. The summed E-state index contributed by atoms with van der Waals surface area (Å²) in [5, 5.41) is 17.6. The molecule has 3 aromatic rings. The molecule has 1 saturated heterocycles. The van der Waals surface area contributed by atoms with Gasteiger partial charge in [-0.25, -0.2) is 9.80 Å². The van der Waals surface area contributed by atoms with Crippen molar-refractivity contribution in [2.75, 3.05) is 6.54 Å². The summed E-state index contributed by atoms with van der Waals surface area (Å²) in [7, 11) is 0. The second-order valence-corrected chi connectivity index (χ2v) is 9.02. The highest BCUT2D eigenvalue weighted by Gasteiger charge is 2.50. The van der Waals surface area contributed by atoms with Crippen LogP contribution in [0, 0.1) is 18.3 Å². The maximum atomic E-state index is 13.4. The van der Waals surface area contributed by atoms with Crippen LogP contribution in [0.15, 0.2) is 76.4 Å². The van der Waals surface area contributed by atoms with E-state index in [0.717, 1.165) is 16.0 Å². The van der Waals surface area contributed by atoms with Crippen LogP contribution in [0.25, 0.3) is 0 Å². The molecule has 180 valence electrons. The number of hydrogen-bond donors (Lipinski definition) is 1. The van der Waals surface area contributed by atoms with Crippen molar-refractivity contribution >= 4 is 23.6 Å². The molecule has 1 N–H and O–H groups in total. The number of urea groups is 1. The molecule has 2 aromatic carbocycles. The van der Waals surface area contributed by atoms with Crippen molar-refractivity contribution < 1.29 is 18.8 Å². The first-order valence-corrected chi connectivity index (χ1v) is 11.4. The Kier molecular flexibility index (Phi) is 5.65. The van der Waals surface area contributed by atoms with Crippen molar-refractivity contribution in [2.45, 2.75) is 31.8 Å². The minimum atomic E-state index is -1.35. The predicted molar refractivity (Wildman–Crippen MR) is 129 cm³/mol. The molecule has 0 unspecified atom stereocenters. The monoisotopic (exact) mass is 481 g/mol. The van der Waals surface area contributed by atoms with Gasteiger partial charge < -0.3 is 9.73 Å². The summed E-state index contributed by atoms with van der Waals surface area (Å²) in [5.74, 6) is -0.498. The minimum Gasteiger partial charge on any atom is -0.467 e. The van der Waals surface area contributed by atoms with E-state index in [2.05, 4.69) is 10.4 Å². The Balaban J connectivity index is 1.40. The summed E-state index contributed by atoms with van der Waals surface area (Å²) in [4.78, 5) is 40.4. The van der Waals surface area contributed by atoms with Gasteiger partial charge in [0, 0.05) is 6.42 Å². The van der Waals surface area contributed by atoms with E-state index in [9.17, 15) is 14.4 Å². The number of nitriles is 1. The van der Waals surface area contributed by atoms with Crippen LogP contribution in [0.3, 0.4) is 0 Å². The fraction of sp³-hybridized carbons (Fsp3) is 0.222. The number of carbonyl (C=O) groups excluding carboxylic acids is 3. The summed E-state index contributed by atoms with van der Waals surface area (Å²) < 4.78 is 5.57. The van der Waals surface area contributed by atoms with Crippen LogP contribution >= 0.6 is 0 Å². The van der Waals surface area contributed by atoms with Crippen LogP contribution < -0.4 is 5.32 Å². The first kappa shape index (κ1) is 23.1. The van der Waals surface area contributed by atoms with Crippen molar-refractivity contribution in [3.63, 3.8) is 0 Å². The topological polar surface area (TPSA) is 119 Å². The smallest absolute Gasteiger partial charge is 0.325 e. The number of hydrogen-bond acceptors (Lipinski definition) is 6. The van der Waals surface area contributed by atoms with Gasteiger partial charge in [0.15, 0.2) is 0 Å². The standard InChI is InChI=1S/C27H23N5O4/c1-17-5-9-19(10-6-17)21-14-22(23-4-3-13-36-23)32(30-21)24(33)16-31-25(34)27(2,29-26(31)35)20-11-7-18(15-28)8-12-20/h3-13,22H,14,16H2,1-2H3,(H,29,35)/t22-,27-/m0/s1. The SMILES string of the molecule is Cc1ccc(C2=NN(C(=O)CN3C(=O)N[C@@](C)(c4ccc(C#N)cc4)C3=O)[C@H](c3ccco3)C2)cc1. The van der Waals surface area contributed by atoms with Crippen molar-refractivity contribution in [1.29, 1.82) is 5.26 Å². The summed E-state index contributed by atoms with van der Waals surface area (Å²) >= 11 is 0. The lowest BCUT2D eigenvalue weighted by Gasteiger charge is -2.24. The van der Waals surface area contributed by atoms with Gasteiger partial charge in [-0.2, -0.15) is 10.4 Å². The highest BCUT2D eigenvalue weighted by molar-refractivity contribution is 6.09. The maximum Gasteiger partial charge on any atom is 0.325 e. The molecule has 3 heterocycles. The van der Waals surface area contributed by atoms with Gasteiger partial charge in [-0.05, 0) is 49.2 Å². The van der Waals surface area contributed by atoms with Crippen molar-refractivity contribution in [2.24, 2.45) is 5.10 Å². The summed E-state index contributed by atoms with van der Waals surface area (Å²) in [5.41, 5.74) is 2.31. The number of amides is 4. The van der Waals surface area contributed by atoms with Crippen LogP contribution in [-0.4, -0.2) is 40.0 Å². The molecule has 1 fully saturated rings. The fourth-order valence-corrected chi connectivity index (χ4v) is 4.49. The molecular formula is C27H23N5O4. The average molecular weight is 482 g/mol. The molecule has 0 aliphatic carbocycles. The molecular weight excluding hydrogens is 458 g/mol. The Bertz CT molecular complexity index is 1400. The van der Waals surface area contributed by atoms with Gasteiger partial charge in [-0.3, -0.25) is 14.5 Å². The summed E-state index contributed by atoms with van der Waals surface area (Å²) in [6, 6.07) is 18.6. The van der Waals surface area contributed by atoms with Gasteiger partial charge in [0.05, 0.1) is 23.6 Å². The van der Waals surface area contributed by atoms with Gasteiger partial charge in [-0.1, -0.05) is 42.0 Å². The molecule has 9 nitrogen and oxygen atoms in total. The van der Waals surface area contributed by atoms with Crippen LogP contribution in [0.4, 0.5) is 4.79 Å². The first-order chi connectivity index (χ1) is 17.3. The normalized spacial score (nSPS) is 21.4. The van der Waals surface area contributed by atoms with Gasteiger partial charge >= 0.3 is 6.03 Å². The van der Waals surface area contributed by atoms with E-state index in [4.69, 9.17) is 9.68 Å². The van der Waals surface area contributed by atoms with E-state index < -0.39 is 36.0 Å². The van der Waals surface area contributed by atoms with Crippen molar-refractivity contribution in [1.82, 2.24) is 15.2 Å². The first-order valence-electron chi connectivity index (χ1n) is 11.4. The van der Waals surface area contributed by atoms with E-state index in [1.165, 1.54) is 11.3 Å². The van der Waals surface area contributed by atoms with Crippen LogP contribution in [0.5, 0.6) is 0 Å². The molecule has 2 atom stereocenters. The molecule has 0 radical (unpaired) electrons. The maximum absolute atomic E-state index is 13.4. The largest absolute Gasteiger partial charge is 0.467 e. The molecule has 2 aliphatic heterocycles. The molecule has 5 rings (SSSR count). The lowest BCUT2D eigenvalue weighted by molar-refractivity contribution is -0.140. The third kappa shape index (κ3) is 3.92. The van der Waals surface area contributed by atoms with Gasteiger partial charge in [-0.15, -0.1) is 0 Å². The van der Waals surface area contributed by atoms with E-state index in [1.54, 1.807) is 43.3 Å². The number of furan rings is 1. The van der Waals surface area contributed by atoms with Crippen molar-refractivity contribution in [3.05, 3.63) is 94.9 Å². The zero-order valence-electron chi connectivity index (χ0n) is 19.8. The second kappa shape index (κ2) is 8.82.